The molecule has 23 heteroatoms. The lowest BCUT2D eigenvalue weighted by Gasteiger charge is -2.21. The zero-order valence-electron chi connectivity index (χ0n) is 21.4. The normalized spacial score (nSPS) is 21.6. The van der Waals surface area contributed by atoms with E-state index in [1.165, 1.54) is 25.3 Å². The van der Waals surface area contributed by atoms with E-state index in [9.17, 15) is 37.9 Å². The van der Waals surface area contributed by atoms with E-state index in [0.29, 0.717) is 5.56 Å². The van der Waals surface area contributed by atoms with Crippen LogP contribution >= 0.6 is 23.5 Å². The number of ether oxygens (including phenoxy) is 2. The van der Waals surface area contributed by atoms with Crippen molar-refractivity contribution < 1.29 is 60.7 Å². The number of carbonyl (C=O) groups excluding carboxylic acids is 1. The molecule has 0 radical (unpaired) electrons. The Morgan fingerprint density at radius 1 is 1.17 bits per heavy atom. The van der Waals surface area contributed by atoms with Crippen molar-refractivity contribution in [2.75, 3.05) is 13.2 Å². The maximum atomic E-state index is 13.1. The van der Waals surface area contributed by atoms with Crippen molar-refractivity contribution in [2.45, 2.75) is 38.2 Å². The summed E-state index contributed by atoms with van der Waals surface area (Å²) < 4.78 is 58.9. The molecular formula is C19H24N5O15P3. The van der Waals surface area contributed by atoms with Crippen LogP contribution in [0.15, 0.2) is 45.2 Å². The summed E-state index contributed by atoms with van der Waals surface area (Å²) in [5.41, 5.74) is 7.62. The van der Waals surface area contributed by atoms with E-state index in [1.54, 1.807) is 12.1 Å². The van der Waals surface area contributed by atoms with E-state index in [4.69, 9.17) is 24.8 Å². The van der Waals surface area contributed by atoms with Gasteiger partial charge in [-0.15, -0.1) is 0 Å². The van der Waals surface area contributed by atoms with Crippen LogP contribution < -0.4 is 11.2 Å². The molecule has 20 nitrogen and oxygen atoms in total. The number of nitrogens with one attached hydrogen (secondary N) is 1. The Bertz CT molecular complexity index is 1630. The first kappa shape index (κ1) is 33.6. The molecule has 5 N–H and O–H groups in total. The van der Waals surface area contributed by atoms with Gasteiger partial charge in [-0.3, -0.25) is 18.9 Å². The third kappa shape index (κ3) is 9.54. The Balaban J connectivity index is 1.84. The third-order valence-corrected chi connectivity index (χ3v) is 9.30. The van der Waals surface area contributed by atoms with Gasteiger partial charge in [-0.1, -0.05) is 23.3 Å². The number of carbonyl (C=O) groups is 1. The topological polar surface area (TPSA) is 299 Å². The number of rotatable bonds is 13. The monoisotopic (exact) mass is 655 g/mol. The standard InChI is InChI=1S/C19H24N5O15P3/c1-11-9-24(19(27)22-17(11)25)16-8-14(37-18(26)13-5-3-2-4-12(13)6-7-21-23-20)15(36-16)10-35-41(31,32)39-42(33,34)38-40(28,29)30/h2-5,9,14-16H,6-8,10H2,1H3,(H,31,32)(H,33,34)(H,22,25,27)(H2,28,29,30)/t14-,15-,16-/m1/s1. The molecule has 0 bridgehead atoms. The summed E-state index contributed by atoms with van der Waals surface area (Å²) in [5.74, 6) is -0.894. The lowest BCUT2D eigenvalue weighted by molar-refractivity contribution is -0.0512. The number of phosphoric ester groups is 1. The van der Waals surface area contributed by atoms with Crippen LogP contribution in [-0.4, -0.2) is 60.5 Å². The molecule has 1 aromatic heterocycles. The molecule has 0 spiro atoms. The van der Waals surface area contributed by atoms with Gasteiger partial charge in [0, 0.05) is 29.6 Å². The molecule has 1 aromatic carbocycles. The Kier molecular flexibility index (Phi) is 10.8. The molecule has 42 heavy (non-hydrogen) atoms. The van der Waals surface area contributed by atoms with Crippen molar-refractivity contribution in [1.29, 1.82) is 0 Å². The van der Waals surface area contributed by atoms with Crippen molar-refractivity contribution in [3.63, 3.8) is 0 Å². The predicted octanol–water partition coefficient (Wildman–Crippen LogP) is 1.55. The second-order valence-electron chi connectivity index (χ2n) is 8.54. The van der Waals surface area contributed by atoms with Crippen molar-refractivity contribution >= 4 is 29.4 Å². The largest absolute Gasteiger partial charge is 0.490 e. The van der Waals surface area contributed by atoms with Gasteiger partial charge in [0.1, 0.15) is 18.4 Å². The molecule has 5 atom stereocenters. The third-order valence-electron chi connectivity index (χ3n) is 5.49. The van der Waals surface area contributed by atoms with Gasteiger partial charge in [-0.25, -0.2) is 23.3 Å². The molecule has 2 unspecified atom stereocenters. The second kappa shape index (κ2) is 13.6. The highest BCUT2D eigenvalue weighted by molar-refractivity contribution is 7.66. The van der Waals surface area contributed by atoms with Crippen molar-refractivity contribution in [3.05, 3.63) is 78.4 Å². The minimum Gasteiger partial charge on any atom is -0.456 e. The SMILES string of the molecule is Cc1cn([C@H]2C[C@@H](OC(=O)c3ccccc3CCN=[N+]=[N-])[C@@H](COP(=O)(O)OP(=O)(O)OP(=O)(O)O)O2)c(=O)[nH]c1=O. The van der Waals surface area contributed by atoms with Gasteiger partial charge in [0.05, 0.1) is 12.2 Å². The highest BCUT2D eigenvalue weighted by Gasteiger charge is 2.44. The number of hydrogen-bond acceptors (Lipinski definition) is 12. The van der Waals surface area contributed by atoms with E-state index >= 15 is 0 Å². The lowest BCUT2D eigenvalue weighted by atomic mass is 10.0. The van der Waals surface area contributed by atoms with E-state index in [0.717, 1.165) is 4.57 Å². The highest BCUT2D eigenvalue weighted by Crippen LogP contribution is 2.66. The number of H-pyrrole nitrogens is 1. The number of aromatic nitrogens is 2. The molecule has 1 aliphatic heterocycles. The minimum atomic E-state index is -5.81. The average molecular weight is 655 g/mol. The summed E-state index contributed by atoms with van der Waals surface area (Å²) in [6.07, 6.45) is -2.83. The molecule has 1 aliphatic rings. The Morgan fingerprint density at radius 3 is 2.52 bits per heavy atom. The molecule has 2 aromatic rings. The van der Waals surface area contributed by atoms with Crippen LogP contribution in [0.4, 0.5) is 0 Å². The Labute approximate surface area is 234 Å². The molecule has 1 fully saturated rings. The number of nitrogens with zero attached hydrogens (tertiary/aromatic N) is 4. The number of esters is 1. The summed E-state index contributed by atoms with van der Waals surface area (Å²) in [7, 11) is -17.0. The van der Waals surface area contributed by atoms with E-state index < -0.39 is 65.7 Å². The fourth-order valence-corrected chi connectivity index (χ4v) is 6.80. The van der Waals surface area contributed by atoms with Crippen LogP contribution in [0, 0.1) is 6.92 Å². The maximum absolute atomic E-state index is 13.1. The minimum absolute atomic E-state index is 0.0343. The fraction of sp³-hybridized carbons (Fsp3) is 0.421. The molecular weight excluding hydrogens is 631 g/mol. The van der Waals surface area contributed by atoms with Crippen LogP contribution in [0.1, 0.15) is 34.1 Å². The van der Waals surface area contributed by atoms with Gasteiger partial charge in [-0.2, -0.15) is 8.62 Å². The van der Waals surface area contributed by atoms with Crippen molar-refractivity contribution in [1.82, 2.24) is 9.55 Å². The van der Waals surface area contributed by atoms with Gasteiger partial charge >= 0.3 is 35.1 Å². The molecule has 0 aliphatic carbocycles. The molecule has 0 amide bonds. The second-order valence-corrected chi connectivity index (χ2v) is 13.0. The summed E-state index contributed by atoms with van der Waals surface area (Å²) >= 11 is 0. The zero-order chi connectivity index (χ0) is 31.3. The van der Waals surface area contributed by atoms with Crippen LogP contribution in [-0.2, 0) is 42.7 Å². The lowest BCUT2D eigenvalue weighted by Crippen LogP contribution is -2.33. The molecule has 1 saturated heterocycles. The van der Waals surface area contributed by atoms with Gasteiger partial charge in [-0.05, 0) is 30.5 Å². The molecule has 230 valence electrons. The molecule has 2 heterocycles. The number of hydrogen-bond donors (Lipinski definition) is 5. The van der Waals surface area contributed by atoms with Crippen molar-refractivity contribution in [3.8, 4) is 0 Å². The highest BCUT2D eigenvalue weighted by atomic mass is 31.3. The van der Waals surface area contributed by atoms with Gasteiger partial charge < -0.3 is 29.0 Å². The Morgan fingerprint density at radius 2 is 1.86 bits per heavy atom. The van der Waals surface area contributed by atoms with Gasteiger partial charge in [0.2, 0.25) is 0 Å². The summed E-state index contributed by atoms with van der Waals surface area (Å²) in [6, 6.07) is 6.19. The smallest absolute Gasteiger partial charge is 0.456 e. The number of azide groups is 1. The van der Waals surface area contributed by atoms with Crippen LogP contribution in [0.5, 0.6) is 0 Å². The first-order valence-corrected chi connectivity index (χ1v) is 16.1. The first-order valence-electron chi connectivity index (χ1n) is 11.6. The van der Waals surface area contributed by atoms with Gasteiger partial charge in [0.25, 0.3) is 5.56 Å². The fourth-order valence-electron chi connectivity index (χ4n) is 3.77. The van der Waals surface area contributed by atoms with E-state index in [1.807, 2.05) is 0 Å². The zero-order valence-corrected chi connectivity index (χ0v) is 24.0. The van der Waals surface area contributed by atoms with Crippen LogP contribution in [0.3, 0.4) is 0 Å². The van der Waals surface area contributed by atoms with E-state index in [-0.39, 0.29) is 30.5 Å². The van der Waals surface area contributed by atoms with Crippen LogP contribution in [0.25, 0.3) is 10.4 Å². The number of aryl methyl sites for hydroxylation is 1. The quantitative estimate of drug-likeness (QED) is 0.0672. The average Bonchev–Trinajstić information content (AvgIpc) is 3.25. The Hall–Kier alpha value is -2.95. The summed E-state index contributed by atoms with van der Waals surface area (Å²) in [5, 5.41) is 3.42. The van der Waals surface area contributed by atoms with Crippen molar-refractivity contribution in [2.24, 2.45) is 5.11 Å². The number of benzene rings is 1. The van der Waals surface area contributed by atoms with Crippen LogP contribution in [0.2, 0.25) is 0 Å². The number of aromatic amines is 1. The van der Waals surface area contributed by atoms with Gasteiger partial charge in [0.15, 0.2) is 0 Å². The molecule has 3 rings (SSSR count). The number of phosphoric acid groups is 3. The molecule has 0 saturated carbocycles. The first-order chi connectivity index (χ1) is 19.5. The predicted molar refractivity (Wildman–Crippen MR) is 138 cm³/mol. The summed E-state index contributed by atoms with van der Waals surface area (Å²) in [4.78, 5) is 78.5. The maximum Gasteiger partial charge on any atom is 0.490 e. The van der Waals surface area contributed by atoms with E-state index in [2.05, 4.69) is 28.2 Å². The summed E-state index contributed by atoms with van der Waals surface area (Å²) in [6.45, 7) is 0.460.